The summed E-state index contributed by atoms with van der Waals surface area (Å²) in [4.78, 5) is 17.4. The van der Waals surface area contributed by atoms with Crippen molar-refractivity contribution < 1.29 is 14.3 Å². The topological polar surface area (TPSA) is 65.4 Å². The Kier molecular flexibility index (Phi) is 6.93. The number of carbonyl (C=O) groups excluding carboxylic acids is 1. The molecule has 1 atom stereocenters. The van der Waals surface area contributed by atoms with Gasteiger partial charge in [0, 0.05) is 13.0 Å². The van der Waals surface area contributed by atoms with Crippen LogP contribution in [0.4, 0.5) is 0 Å². The monoisotopic (exact) mass is 443 g/mol. The first kappa shape index (κ1) is 22.4. The molecule has 3 aromatic carbocycles. The molecule has 1 amide bonds. The molecule has 4 aromatic rings. The average molecular weight is 444 g/mol. The third kappa shape index (κ3) is 5.00. The summed E-state index contributed by atoms with van der Waals surface area (Å²) in [5.41, 5.74) is 4.15. The molecule has 1 aromatic heterocycles. The Bertz CT molecular complexity index is 1230. The third-order valence-corrected chi connectivity index (χ3v) is 5.82. The van der Waals surface area contributed by atoms with Crippen LogP contribution in [0, 0.1) is 0 Å². The standard InChI is InChI=1S/C27H29N3O3/c1-19(21-9-5-4-6-10-21)30-23-12-8-7-11-22(23)29-26(30)15-16-28-27(31)18-20-13-14-24(32-2)25(17-20)33-3/h4-14,17,19H,15-16,18H2,1-3H3,(H,28,31). The molecule has 0 bridgehead atoms. The SMILES string of the molecule is COc1ccc(CC(=O)NCCc2nc3ccccc3n2C(C)c2ccccc2)cc1OC. The fourth-order valence-electron chi connectivity index (χ4n) is 4.14. The second-order valence-corrected chi connectivity index (χ2v) is 7.94. The van der Waals surface area contributed by atoms with Crippen LogP contribution in [-0.4, -0.2) is 36.2 Å². The summed E-state index contributed by atoms with van der Waals surface area (Å²) < 4.78 is 12.9. The lowest BCUT2D eigenvalue weighted by Gasteiger charge is -2.18. The number of imidazole rings is 1. The van der Waals surface area contributed by atoms with Gasteiger partial charge in [-0.3, -0.25) is 4.79 Å². The summed E-state index contributed by atoms with van der Waals surface area (Å²) in [7, 11) is 3.18. The normalized spacial score (nSPS) is 11.8. The molecule has 0 fully saturated rings. The van der Waals surface area contributed by atoms with E-state index in [9.17, 15) is 4.79 Å². The van der Waals surface area contributed by atoms with Crippen molar-refractivity contribution in [1.29, 1.82) is 0 Å². The van der Waals surface area contributed by atoms with Crippen molar-refractivity contribution in [3.63, 3.8) is 0 Å². The van der Waals surface area contributed by atoms with Crippen LogP contribution in [-0.2, 0) is 17.6 Å². The number of rotatable bonds is 9. The molecule has 170 valence electrons. The molecule has 0 saturated heterocycles. The number of methoxy groups -OCH3 is 2. The predicted molar refractivity (Wildman–Crippen MR) is 130 cm³/mol. The number of benzene rings is 3. The molecule has 33 heavy (non-hydrogen) atoms. The van der Waals surface area contributed by atoms with Gasteiger partial charge in [0.25, 0.3) is 0 Å². The van der Waals surface area contributed by atoms with E-state index in [1.807, 2.05) is 42.5 Å². The van der Waals surface area contributed by atoms with Gasteiger partial charge in [-0.25, -0.2) is 4.98 Å². The summed E-state index contributed by atoms with van der Waals surface area (Å²) in [6.45, 7) is 2.69. The highest BCUT2D eigenvalue weighted by atomic mass is 16.5. The maximum Gasteiger partial charge on any atom is 0.224 e. The van der Waals surface area contributed by atoms with E-state index in [0.717, 1.165) is 22.4 Å². The van der Waals surface area contributed by atoms with Crippen LogP contribution < -0.4 is 14.8 Å². The van der Waals surface area contributed by atoms with Crippen LogP contribution in [0.25, 0.3) is 11.0 Å². The second-order valence-electron chi connectivity index (χ2n) is 7.94. The fourth-order valence-corrected chi connectivity index (χ4v) is 4.14. The zero-order chi connectivity index (χ0) is 23.2. The van der Waals surface area contributed by atoms with Gasteiger partial charge < -0.3 is 19.4 Å². The van der Waals surface area contributed by atoms with Crippen molar-refractivity contribution in [1.82, 2.24) is 14.9 Å². The van der Waals surface area contributed by atoms with E-state index in [4.69, 9.17) is 14.5 Å². The van der Waals surface area contributed by atoms with E-state index in [2.05, 4.69) is 47.1 Å². The first-order valence-corrected chi connectivity index (χ1v) is 11.1. The van der Waals surface area contributed by atoms with Gasteiger partial charge in [0.1, 0.15) is 5.82 Å². The molecular formula is C27H29N3O3. The Morgan fingerprint density at radius 2 is 1.70 bits per heavy atom. The van der Waals surface area contributed by atoms with E-state index in [0.29, 0.717) is 24.5 Å². The summed E-state index contributed by atoms with van der Waals surface area (Å²) in [6, 6.07) is 24.2. The minimum atomic E-state index is -0.0408. The lowest BCUT2D eigenvalue weighted by atomic mass is 10.1. The van der Waals surface area contributed by atoms with Crippen molar-refractivity contribution >= 4 is 16.9 Å². The van der Waals surface area contributed by atoms with E-state index in [1.54, 1.807) is 14.2 Å². The molecule has 1 heterocycles. The smallest absolute Gasteiger partial charge is 0.224 e. The maximum absolute atomic E-state index is 12.6. The summed E-state index contributed by atoms with van der Waals surface area (Å²) in [5, 5.41) is 3.03. The Morgan fingerprint density at radius 1 is 0.970 bits per heavy atom. The van der Waals surface area contributed by atoms with Crippen LogP contribution in [0.5, 0.6) is 11.5 Å². The Balaban J connectivity index is 1.46. The van der Waals surface area contributed by atoms with Crippen LogP contribution in [0.3, 0.4) is 0 Å². The number of hydrogen-bond acceptors (Lipinski definition) is 4. The number of para-hydroxylation sites is 2. The Labute approximate surface area is 194 Å². The summed E-state index contributed by atoms with van der Waals surface area (Å²) in [5.74, 6) is 2.18. The van der Waals surface area contributed by atoms with E-state index >= 15 is 0 Å². The molecule has 6 heteroatoms. The van der Waals surface area contributed by atoms with Crippen molar-refractivity contribution in [3.05, 3.63) is 89.7 Å². The van der Waals surface area contributed by atoms with Crippen molar-refractivity contribution in [2.75, 3.05) is 20.8 Å². The van der Waals surface area contributed by atoms with Gasteiger partial charge in [-0.15, -0.1) is 0 Å². The van der Waals surface area contributed by atoms with Gasteiger partial charge in [0.15, 0.2) is 11.5 Å². The van der Waals surface area contributed by atoms with E-state index in [-0.39, 0.29) is 18.4 Å². The highest BCUT2D eigenvalue weighted by molar-refractivity contribution is 5.79. The quantitative estimate of drug-likeness (QED) is 0.412. The average Bonchev–Trinajstić information content (AvgIpc) is 3.22. The molecule has 1 N–H and O–H groups in total. The number of nitrogens with one attached hydrogen (secondary N) is 1. The molecule has 6 nitrogen and oxygen atoms in total. The van der Waals surface area contributed by atoms with Crippen LogP contribution >= 0.6 is 0 Å². The number of fused-ring (bicyclic) bond motifs is 1. The van der Waals surface area contributed by atoms with Gasteiger partial charge in [0.2, 0.25) is 5.91 Å². The zero-order valence-corrected chi connectivity index (χ0v) is 19.2. The van der Waals surface area contributed by atoms with Crippen LogP contribution in [0.1, 0.15) is 29.9 Å². The minimum Gasteiger partial charge on any atom is -0.493 e. The fraction of sp³-hybridized carbons (Fsp3) is 0.259. The molecule has 0 spiro atoms. The van der Waals surface area contributed by atoms with Crippen molar-refractivity contribution in [3.8, 4) is 11.5 Å². The molecule has 0 aliphatic carbocycles. The molecule has 0 aliphatic rings. The number of ether oxygens (including phenoxy) is 2. The van der Waals surface area contributed by atoms with Crippen LogP contribution in [0.2, 0.25) is 0 Å². The lowest BCUT2D eigenvalue weighted by Crippen LogP contribution is -2.28. The number of aromatic nitrogens is 2. The first-order chi connectivity index (χ1) is 16.1. The minimum absolute atomic E-state index is 0.0408. The Hall–Kier alpha value is -3.80. The molecule has 1 unspecified atom stereocenters. The number of nitrogens with zero attached hydrogens (tertiary/aromatic N) is 2. The highest BCUT2D eigenvalue weighted by Gasteiger charge is 2.17. The second kappa shape index (κ2) is 10.2. The van der Waals surface area contributed by atoms with Crippen molar-refractivity contribution in [2.24, 2.45) is 0 Å². The number of hydrogen-bond donors (Lipinski definition) is 1. The molecule has 0 aliphatic heterocycles. The van der Waals surface area contributed by atoms with Gasteiger partial charge >= 0.3 is 0 Å². The van der Waals surface area contributed by atoms with E-state index < -0.39 is 0 Å². The van der Waals surface area contributed by atoms with Gasteiger partial charge in [-0.1, -0.05) is 48.5 Å². The molecule has 0 saturated carbocycles. The Morgan fingerprint density at radius 3 is 2.45 bits per heavy atom. The van der Waals surface area contributed by atoms with Crippen molar-refractivity contribution in [2.45, 2.75) is 25.8 Å². The zero-order valence-electron chi connectivity index (χ0n) is 19.2. The van der Waals surface area contributed by atoms with Gasteiger partial charge in [0.05, 0.1) is 37.7 Å². The predicted octanol–water partition coefficient (Wildman–Crippen LogP) is 4.56. The largest absolute Gasteiger partial charge is 0.493 e. The summed E-state index contributed by atoms with van der Waals surface area (Å²) >= 11 is 0. The van der Waals surface area contributed by atoms with E-state index in [1.165, 1.54) is 5.56 Å². The maximum atomic E-state index is 12.6. The first-order valence-electron chi connectivity index (χ1n) is 11.1. The number of carbonyl (C=O) groups is 1. The molecule has 0 radical (unpaired) electrons. The lowest BCUT2D eigenvalue weighted by molar-refractivity contribution is -0.120. The summed E-state index contributed by atoms with van der Waals surface area (Å²) in [6.07, 6.45) is 0.917. The van der Waals surface area contributed by atoms with Crippen LogP contribution in [0.15, 0.2) is 72.8 Å². The van der Waals surface area contributed by atoms with Gasteiger partial charge in [-0.05, 0) is 42.3 Å². The molecule has 4 rings (SSSR count). The third-order valence-electron chi connectivity index (χ3n) is 5.82. The molecular weight excluding hydrogens is 414 g/mol. The highest BCUT2D eigenvalue weighted by Crippen LogP contribution is 2.28. The van der Waals surface area contributed by atoms with Gasteiger partial charge in [-0.2, -0.15) is 0 Å². The number of amides is 1.